The predicted molar refractivity (Wildman–Crippen MR) is 166 cm³/mol. The van der Waals surface area contributed by atoms with Crippen LogP contribution >= 0.6 is 23.1 Å². The highest BCUT2D eigenvalue weighted by Crippen LogP contribution is 2.55. The predicted octanol–water partition coefficient (Wildman–Crippen LogP) is 4.67. The lowest BCUT2D eigenvalue weighted by atomic mass is 9.82. The molecule has 4 aromatic rings. The molecule has 45 heavy (non-hydrogen) atoms. The minimum absolute atomic E-state index is 0.235. The standard InChI is InChI=1S/C32H26FN3O7S2/c1-3-43-31(40)17-8-12-19(13-9-17)34-23(37)16-35-30-27(45-32(35)41)24(21-6-4-5-7-22(21)42-2)25-26(44-30)29(39)36(28(25)38)20-14-10-18(33)11-15-20/h4-15,24-26H,3,16H2,1-2H3,(H,34,37)/t24-,25-,26+/m0/s1. The summed E-state index contributed by atoms with van der Waals surface area (Å²) in [5, 5.41) is 2.23. The van der Waals surface area contributed by atoms with Crippen molar-refractivity contribution in [3.63, 3.8) is 0 Å². The normalized spacial score (nSPS) is 18.7. The van der Waals surface area contributed by atoms with Crippen molar-refractivity contribution in [2.75, 3.05) is 23.9 Å². The number of anilines is 2. The molecule has 6 rings (SSSR count). The molecular formula is C32H26FN3O7S2. The molecule has 0 saturated carbocycles. The number of hydrogen-bond acceptors (Lipinski definition) is 9. The van der Waals surface area contributed by atoms with Gasteiger partial charge in [0, 0.05) is 22.0 Å². The summed E-state index contributed by atoms with van der Waals surface area (Å²) >= 11 is 1.99. The summed E-state index contributed by atoms with van der Waals surface area (Å²) in [5.41, 5.74) is 1.61. The van der Waals surface area contributed by atoms with Crippen molar-refractivity contribution in [1.29, 1.82) is 0 Å². The van der Waals surface area contributed by atoms with E-state index in [2.05, 4.69) is 5.32 Å². The second-order valence-electron chi connectivity index (χ2n) is 10.2. The van der Waals surface area contributed by atoms with Gasteiger partial charge >= 0.3 is 10.8 Å². The number of carbonyl (C=O) groups excluding carboxylic acids is 4. The number of para-hydroxylation sites is 1. The third-order valence-corrected chi connectivity index (χ3v) is 10.2. The largest absolute Gasteiger partial charge is 0.496 e. The molecule has 1 fully saturated rings. The van der Waals surface area contributed by atoms with Gasteiger partial charge in [0.25, 0.3) is 0 Å². The van der Waals surface area contributed by atoms with Gasteiger partial charge in [0.1, 0.15) is 23.4 Å². The number of halogens is 1. The first-order valence-corrected chi connectivity index (χ1v) is 15.6. The van der Waals surface area contributed by atoms with Gasteiger partial charge in [-0.2, -0.15) is 0 Å². The first kappa shape index (κ1) is 30.3. The van der Waals surface area contributed by atoms with Crippen molar-refractivity contribution >= 4 is 58.2 Å². The molecule has 1 aromatic heterocycles. The Labute approximate surface area is 264 Å². The summed E-state index contributed by atoms with van der Waals surface area (Å²) in [6.45, 7) is 1.59. The zero-order chi connectivity index (χ0) is 31.8. The molecule has 3 heterocycles. The number of thioether (sulfide) groups is 1. The average Bonchev–Trinajstić information content (AvgIpc) is 3.48. The first-order chi connectivity index (χ1) is 21.7. The Balaban J connectivity index is 1.35. The molecule has 0 radical (unpaired) electrons. The van der Waals surface area contributed by atoms with E-state index in [0.717, 1.165) is 28.0 Å². The first-order valence-electron chi connectivity index (χ1n) is 13.9. The van der Waals surface area contributed by atoms with E-state index in [1.807, 2.05) is 0 Å². The van der Waals surface area contributed by atoms with E-state index in [-0.39, 0.29) is 18.8 Å². The number of benzene rings is 3. The average molecular weight is 648 g/mol. The molecule has 2 aliphatic heterocycles. The number of esters is 1. The van der Waals surface area contributed by atoms with Crippen LogP contribution in [0.1, 0.15) is 33.6 Å². The highest BCUT2D eigenvalue weighted by Gasteiger charge is 2.57. The number of carbonyl (C=O) groups is 4. The number of fused-ring (bicyclic) bond motifs is 2. The van der Waals surface area contributed by atoms with E-state index in [0.29, 0.717) is 32.5 Å². The van der Waals surface area contributed by atoms with Crippen molar-refractivity contribution in [3.05, 3.63) is 104 Å². The fourth-order valence-electron chi connectivity index (χ4n) is 5.61. The van der Waals surface area contributed by atoms with Gasteiger partial charge in [-0.1, -0.05) is 41.3 Å². The quantitative estimate of drug-likeness (QED) is 0.216. The van der Waals surface area contributed by atoms with Crippen LogP contribution in [0.25, 0.3) is 0 Å². The number of aromatic nitrogens is 1. The maximum absolute atomic E-state index is 14.0. The number of thiazole rings is 1. The van der Waals surface area contributed by atoms with Crippen molar-refractivity contribution in [1.82, 2.24) is 4.57 Å². The molecule has 2 aliphatic rings. The Morgan fingerprint density at radius 3 is 2.36 bits per heavy atom. The molecule has 0 unspecified atom stereocenters. The molecule has 13 heteroatoms. The van der Waals surface area contributed by atoms with Crippen LogP contribution in [0.2, 0.25) is 0 Å². The van der Waals surface area contributed by atoms with Crippen LogP contribution in [-0.2, 0) is 25.7 Å². The topological polar surface area (TPSA) is 124 Å². The summed E-state index contributed by atoms with van der Waals surface area (Å²) in [6, 6.07) is 18.4. The number of rotatable bonds is 8. The van der Waals surface area contributed by atoms with Gasteiger partial charge in [-0.05, 0) is 61.5 Å². The number of hydrogen-bond donors (Lipinski definition) is 1. The lowest BCUT2D eigenvalue weighted by Crippen LogP contribution is -2.33. The lowest BCUT2D eigenvalue weighted by molar-refractivity contribution is -0.122. The zero-order valence-corrected chi connectivity index (χ0v) is 25.7. The van der Waals surface area contributed by atoms with Gasteiger partial charge in [0.2, 0.25) is 17.7 Å². The summed E-state index contributed by atoms with van der Waals surface area (Å²) in [5.74, 6) is -3.57. The highest BCUT2D eigenvalue weighted by atomic mass is 32.2. The van der Waals surface area contributed by atoms with Gasteiger partial charge in [-0.3, -0.25) is 23.7 Å². The SMILES string of the molecule is CCOC(=O)c1ccc(NC(=O)Cn2c3c(sc2=O)[C@@H](c2ccccc2OC)[C@@H]2C(=O)N(c4ccc(F)cc4)C(=O)[C@@H]2S3)cc1. The van der Waals surface area contributed by atoms with E-state index in [1.54, 1.807) is 43.3 Å². The molecule has 1 N–H and O–H groups in total. The number of methoxy groups -OCH3 is 1. The Hall–Kier alpha value is -4.75. The molecule has 1 saturated heterocycles. The summed E-state index contributed by atoms with van der Waals surface area (Å²) in [6.07, 6.45) is 0. The molecule has 3 atom stereocenters. The van der Waals surface area contributed by atoms with Crippen molar-refractivity contribution in [2.45, 2.75) is 29.7 Å². The monoisotopic (exact) mass is 647 g/mol. The van der Waals surface area contributed by atoms with Crippen LogP contribution in [-0.4, -0.2) is 47.2 Å². The third kappa shape index (κ3) is 5.53. The van der Waals surface area contributed by atoms with Gasteiger partial charge in [0.15, 0.2) is 0 Å². The molecule has 230 valence electrons. The van der Waals surface area contributed by atoms with Gasteiger partial charge < -0.3 is 14.8 Å². The molecule has 3 amide bonds. The second kappa shape index (κ2) is 12.3. The number of amides is 3. The van der Waals surface area contributed by atoms with E-state index in [9.17, 15) is 28.4 Å². The Bertz CT molecular complexity index is 1870. The van der Waals surface area contributed by atoms with Crippen LogP contribution in [0.4, 0.5) is 15.8 Å². The van der Waals surface area contributed by atoms with E-state index in [4.69, 9.17) is 9.47 Å². The van der Waals surface area contributed by atoms with Crippen molar-refractivity contribution in [2.24, 2.45) is 5.92 Å². The molecule has 0 aliphatic carbocycles. The van der Waals surface area contributed by atoms with E-state index >= 15 is 0 Å². The summed E-state index contributed by atoms with van der Waals surface area (Å²) < 4.78 is 25.6. The molecule has 0 bridgehead atoms. The fraction of sp³-hybridized carbons (Fsp3) is 0.219. The second-order valence-corrected chi connectivity index (χ2v) is 12.4. The summed E-state index contributed by atoms with van der Waals surface area (Å²) in [7, 11) is 1.50. The minimum Gasteiger partial charge on any atom is -0.496 e. The van der Waals surface area contributed by atoms with Crippen LogP contribution in [0.5, 0.6) is 5.75 Å². The molecule has 3 aromatic carbocycles. The molecular weight excluding hydrogens is 621 g/mol. The third-order valence-electron chi connectivity index (χ3n) is 7.59. The van der Waals surface area contributed by atoms with Crippen LogP contribution in [0, 0.1) is 11.7 Å². The number of nitrogens with one attached hydrogen (secondary N) is 1. The maximum atomic E-state index is 14.0. The number of imide groups is 1. The van der Waals surface area contributed by atoms with Crippen molar-refractivity contribution < 1.29 is 33.0 Å². The minimum atomic E-state index is -0.913. The van der Waals surface area contributed by atoms with Crippen LogP contribution in [0.15, 0.2) is 82.6 Å². The Morgan fingerprint density at radius 2 is 1.67 bits per heavy atom. The van der Waals surface area contributed by atoms with E-state index in [1.165, 1.54) is 48.1 Å². The van der Waals surface area contributed by atoms with E-state index < -0.39 is 51.5 Å². The lowest BCUT2D eigenvalue weighted by Gasteiger charge is -2.31. The van der Waals surface area contributed by atoms with Gasteiger partial charge in [-0.25, -0.2) is 14.1 Å². The zero-order valence-electron chi connectivity index (χ0n) is 24.0. The number of nitrogens with zero attached hydrogens (tertiary/aromatic N) is 2. The van der Waals surface area contributed by atoms with Gasteiger partial charge in [0.05, 0.1) is 35.9 Å². The fourth-order valence-corrected chi connectivity index (χ4v) is 8.37. The number of ether oxygens (including phenoxy) is 2. The molecule has 0 spiro atoms. The van der Waals surface area contributed by atoms with Gasteiger partial charge in [-0.15, -0.1) is 0 Å². The smallest absolute Gasteiger partial charge is 0.338 e. The Morgan fingerprint density at radius 1 is 0.956 bits per heavy atom. The Kier molecular flexibility index (Phi) is 8.30. The van der Waals surface area contributed by atoms with Crippen molar-refractivity contribution in [3.8, 4) is 5.75 Å². The molecule has 10 nitrogen and oxygen atoms in total. The maximum Gasteiger partial charge on any atom is 0.338 e. The van der Waals surface area contributed by atoms with Crippen LogP contribution in [0.3, 0.4) is 0 Å². The summed E-state index contributed by atoms with van der Waals surface area (Å²) in [4.78, 5) is 67.5. The highest BCUT2D eigenvalue weighted by molar-refractivity contribution is 8.00. The van der Waals surface area contributed by atoms with Crippen LogP contribution < -0.4 is 19.8 Å².